The maximum Gasteiger partial charge on any atom is 0.237 e. The molecular formula is C13H25N3O. The predicted octanol–water partition coefficient (Wildman–Crippen LogP) is 0.858. The average molecular weight is 239 g/mol. The summed E-state index contributed by atoms with van der Waals surface area (Å²) >= 11 is 0. The van der Waals surface area contributed by atoms with Crippen molar-refractivity contribution in [3.05, 3.63) is 0 Å². The Morgan fingerprint density at radius 3 is 2.88 bits per heavy atom. The minimum Gasteiger partial charge on any atom is -0.355 e. The van der Waals surface area contributed by atoms with Gasteiger partial charge in [0, 0.05) is 12.6 Å². The normalized spacial score (nSPS) is 31.9. The molecule has 4 heteroatoms. The highest BCUT2D eigenvalue weighted by Gasteiger charge is 2.33. The predicted molar refractivity (Wildman–Crippen MR) is 68.7 cm³/mol. The van der Waals surface area contributed by atoms with Gasteiger partial charge < -0.3 is 11.1 Å². The minimum absolute atomic E-state index is 0.106. The van der Waals surface area contributed by atoms with Gasteiger partial charge in [-0.25, -0.2) is 0 Å². The number of rotatable bonds is 3. The summed E-state index contributed by atoms with van der Waals surface area (Å²) in [7, 11) is 0. The topological polar surface area (TPSA) is 58.4 Å². The van der Waals surface area contributed by atoms with Crippen LogP contribution < -0.4 is 11.1 Å². The van der Waals surface area contributed by atoms with Gasteiger partial charge in [-0.3, -0.25) is 9.69 Å². The summed E-state index contributed by atoms with van der Waals surface area (Å²) in [6.45, 7) is 2.66. The molecule has 2 heterocycles. The number of nitrogens with zero attached hydrogens (tertiary/aromatic N) is 1. The third-order valence-corrected chi connectivity index (χ3v) is 4.08. The van der Waals surface area contributed by atoms with E-state index in [1.807, 2.05) is 0 Å². The first-order chi connectivity index (χ1) is 8.33. The second-order valence-corrected chi connectivity index (χ2v) is 5.27. The molecule has 0 saturated carbocycles. The lowest BCUT2D eigenvalue weighted by Crippen LogP contribution is -2.52. The van der Waals surface area contributed by atoms with E-state index >= 15 is 0 Å². The van der Waals surface area contributed by atoms with E-state index in [4.69, 9.17) is 5.73 Å². The molecule has 0 aliphatic carbocycles. The molecule has 0 aromatic rings. The molecule has 2 aliphatic heterocycles. The van der Waals surface area contributed by atoms with Crippen LogP contribution in [0, 0.1) is 0 Å². The molecule has 0 aromatic carbocycles. The van der Waals surface area contributed by atoms with Gasteiger partial charge in [-0.2, -0.15) is 0 Å². The summed E-state index contributed by atoms with van der Waals surface area (Å²) in [6, 6.07) is 0.636. The molecule has 2 saturated heterocycles. The lowest BCUT2D eigenvalue weighted by molar-refractivity contribution is -0.127. The van der Waals surface area contributed by atoms with Crippen molar-refractivity contribution in [2.75, 3.05) is 19.6 Å². The van der Waals surface area contributed by atoms with E-state index in [1.165, 1.54) is 19.3 Å². The molecule has 2 unspecified atom stereocenters. The molecule has 2 fully saturated rings. The number of hydrogen-bond acceptors (Lipinski definition) is 3. The molecule has 0 aromatic heterocycles. The van der Waals surface area contributed by atoms with Crippen LogP contribution in [-0.4, -0.2) is 42.5 Å². The Morgan fingerprint density at radius 1 is 1.24 bits per heavy atom. The monoisotopic (exact) mass is 239 g/mol. The Morgan fingerprint density at radius 2 is 2.06 bits per heavy atom. The van der Waals surface area contributed by atoms with Crippen LogP contribution >= 0.6 is 0 Å². The third-order valence-electron chi connectivity index (χ3n) is 4.08. The average Bonchev–Trinajstić information content (AvgIpc) is 2.55. The van der Waals surface area contributed by atoms with Gasteiger partial charge in [-0.1, -0.05) is 6.42 Å². The van der Waals surface area contributed by atoms with Crippen molar-refractivity contribution in [1.29, 1.82) is 0 Å². The van der Waals surface area contributed by atoms with Crippen LogP contribution in [0.1, 0.15) is 44.9 Å². The number of nitrogens with two attached hydrogens (primary N) is 1. The first kappa shape index (κ1) is 12.8. The van der Waals surface area contributed by atoms with E-state index in [-0.39, 0.29) is 11.9 Å². The number of piperidine rings is 1. The zero-order chi connectivity index (χ0) is 12.1. The fraction of sp³-hybridized carbons (Fsp3) is 0.923. The van der Waals surface area contributed by atoms with Crippen LogP contribution in [0.5, 0.6) is 0 Å². The Balaban J connectivity index is 2.02. The molecule has 0 spiro atoms. The molecule has 4 nitrogen and oxygen atoms in total. The zero-order valence-electron chi connectivity index (χ0n) is 10.7. The smallest absolute Gasteiger partial charge is 0.237 e. The van der Waals surface area contributed by atoms with Gasteiger partial charge in [0.2, 0.25) is 5.91 Å². The first-order valence-corrected chi connectivity index (χ1v) is 7.06. The van der Waals surface area contributed by atoms with Crippen LogP contribution in [-0.2, 0) is 4.79 Å². The number of carbonyl (C=O) groups is 1. The summed E-state index contributed by atoms with van der Waals surface area (Å²) in [5.41, 5.74) is 5.69. The highest BCUT2D eigenvalue weighted by atomic mass is 16.2. The first-order valence-electron chi connectivity index (χ1n) is 7.06. The van der Waals surface area contributed by atoms with Crippen LogP contribution in [0.3, 0.4) is 0 Å². The molecule has 17 heavy (non-hydrogen) atoms. The van der Waals surface area contributed by atoms with E-state index < -0.39 is 0 Å². The van der Waals surface area contributed by atoms with E-state index in [0.29, 0.717) is 6.04 Å². The number of nitrogens with one attached hydrogen (secondary N) is 1. The molecule has 3 N–H and O–H groups in total. The van der Waals surface area contributed by atoms with Crippen molar-refractivity contribution < 1.29 is 4.79 Å². The summed E-state index contributed by atoms with van der Waals surface area (Å²) in [5, 5.41) is 3.04. The van der Waals surface area contributed by atoms with E-state index in [2.05, 4.69) is 10.2 Å². The van der Waals surface area contributed by atoms with Crippen LogP contribution in [0.4, 0.5) is 0 Å². The molecule has 0 radical (unpaired) electrons. The van der Waals surface area contributed by atoms with Crippen molar-refractivity contribution in [2.45, 2.75) is 57.0 Å². The quantitative estimate of drug-likeness (QED) is 0.768. The second-order valence-electron chi connectivity index (χ2n) is 5.27. The van der Waals surface area contributed by atoms with Gasteiger partial charge in [-0.15, -0.1) is 0 Å². The molecule has 98 valence electrons. The van der Waals surface area contributed by atoms with E-state index in [0.717, 1.165) is 45.3 Å². The minimum atomic E-state index is 0.106. The summed E-state index contributed by atoms with van der Waals surface area (Å²) in [6.07, 6.45) is 8.06. The summed E-state index contributed by atoms with van der Waals surface area (Å²) in [5.74, 6) is 0.242. The van der Waals surface area contributed by atoms with Gasteiger partial charge in [0.15, 0.2) is 0 Å². The van der Waals surface area contributed by atoms with Gasteiger partial charge in [-0.05, 0) is 51.6 Å². The second kappa shape index (κ2) is 6.36. The van der Waals surface area contributed by atoms with Crippen molar-refractivity contribution >= 4 is 5.91 Å². The van der Waals surface area contributed by atoms with E-state index in [9.17, 15) is 4.79 Å². The number of carbonyl (C=O) groups excluding carboxylic acids is 1. The Kier molecular flexibility index (Phi) is 4.80. The maximum absolute atomic E-state index is 12.1. The lowest BCUT2D eigenvalue weighted by Gasteiger charge is -2.40. The number of amides is 1. The van der Waals surface area contributed by atoms with Crippen molar-refractivity contribution in [3.63, 3.8) is 0 Å². The van der Waals surface area contributed by atoms with Crippen molar-refractivity contribution in [3.8, 4) is 0 Å². The molecular weight excluding hydrogens is 214 g/mol. The molecule has 0 bridgehead atoms. The fourth-order valence-corrected chi connectivity index (χ4v) is 3.18. The zero-order valence-corrected chi connectivity index (χ0v) is 10.7. The maximum atomic E-state index is 12.1. The van der Waals surface area contributed by atoms with Gasteiger partial charge in [0.25, 0.3) is 0 Å². The standard InChI is InChI=1S/C13H25N3O/c14-8-7-11-5-2-4-10-16(11)12-6-1-3-9-15-13(12)17/h11-12H,1-10,14H2,(H,15,17). The largest absolute Gasteiger partial charge is 0.355 e. The van der Waals surface area contributed by atoms with Gasteiger partial charge >= 0.3 is 0 Å². The summed E-state index contributed by atoms with van der Waals surface area (Å²) < 4.78 is 0. The van der Waals surface area contributed by atoms with Crippen LogP contribution in [0.2, 0.25) is 0 Å². The van der Waals surface area contributed by atoms with Gasteiger partial charge in [0.05, 0.1) is 6.04 Å². The Labute approximate surface area is 104 Å². The molecule has 2 atom stereocenters. The number of hydrogen-bond donors (Lipinski definition) is 2. The molecule has 1 amide bonds. The Bertz CT molecular complexity index is 255. The SMILES string of the molecule is NCCC1CCCCN1C1CCCCNC1=O. The van der Waals surface area contributed by atoms with Crippen LogP contribution in [0.25, 0.3) is 0 Å². The Hall–Kier alpha value is -0.610. The molecule has 2 rings (SSSR count). The fourth-order valence-electron chi connectivity index (χ4n) is 3.18. The van der Waals surface area contributed by atoms with Crippen molar-refractivity contribution in [1.82, 2.24) is 10.2 Å². The lowest BCUT2D eigenvalue weighted by atomic mass is 9.95. The van der Waals surface area contributed by atoms with Crippen molar-refractivity contribution in [2.24, 2.45) is 5.73 Å². The number of likely N-dealkylation sites (tertiary alicyclic amines) is 1. The molecule has 2 aliphatic rings. The van der Waals surface area contributed by atoms with Crippen LogP contribution in [0.15, 0.2) is 0 Å². The van der Waals surface area contributed by atoms with Gasteiger partial charge in [0.1, 0.15) is 0 Å². The van der Waals surface area contributed by atoms with E-state index in [1.54, 1.807) is 0 Å². The summed E-state index contributed by atoms with van der Waals surface area (Å²) in [4.78, 5) is 14.5. The highest BCUT2D eigenvalue weighted by Crippen LogP contribution is 2.24. The third kappa shape index (κ3) is 3.19. The highest BCUT2D eigenvalue weighted by molar-refractivity contribution is 5.82.